The number of carboxylic acids is 1. The smallest absolute Gasteiger partial charge is 0.411 e. The third kappa shape index (κ3) is 4.59. The van der Waals surface area contributed by atoms with Crippen LogP contribution in [0.3, 0.4) is 0 Å². The normalized spacial score (nSPS) is 20.8. The van der Waals surface area contributed by atoms with Gasteiger partial charge in [0.15, 0.2) is 0 Å². The molecule has 0 radical (unpaired) electrons. The van der Waals surface area contributed by atoms with Crippen LogP contribution in [0, 0.1) is 5.82 Å². The maximum absolute atomic E-state index is 13.1. The molecule has 0 spiro atoms. The van der Waals surface area contributed by atoms with Gasteiger partial charge in [-0.3, -0.25) is 4.90 Å². The van der Waals surface area contributed by atoms with Gasteiger partial charge in [-0.2, -0.15) is 0 Å². The fraction of sp³-hybridized carbons (Fsp3) is 0.500. The molecule has 0 aliphatic carbocycles. The Balaban J connectivity index is 2.11. The first-order valence-corrected chi connectivity index (χ1v) is 8.20. The van der Waals surface area contributed by atoms with Crippen LogP contribution in [0.15, 0.2) is 22.7 Å². The molecule has 0 unspecified atom stereocenters. The Morgan fingerprint density at radius 3 is 2.58 bits per heavy atom. The Bertz CT molecular complexity index is 646. The van der Waals surface area contributed by atoms with Gasteiger partial charge in [-0.15, -0.1) is 0 Å². The highest BCUT2D eigenvalue weighted by atomic mass is 79.9. The highest BCUT2D eigenvalue weighted by Gasteiger charge is 2.42. The van der Waals surface area contributed by atoms with E-state index in [0.29, 0.717) is 10.2 Å². The summed E-state index contributed by atoms with van der Waals surface area (Å²) in [5.74, 6) is -1.15. The van der Waals surface area contributed by atoms with Crippen molar-refractivity contribution in [1.29, 1.82) is 0 Å². The average Bonchev–Trinajstić information content (AvgIpc) is 2.84. The number of carboxylic acid groups (broad SMARTS) is 1. The van der Waals surface area contributed by atoms with Gasteiger partial charge >= 0.3 is 12.1 Å². The number of rotatable bonds is 3. The van der Waals surface area contributed by atoms with Crippen molar-refractivity contribution in [2.24, 2.45) is 0 Å². The second-order valence-electron chi connectivity index (χ2n) is 6.54. The van der Waals surface area contributed by atoms with Gasteiger partial charge in [0.05, 0.1) is 11.0 Å². The molecule has 0 aromatic heterocycles. The lowest BCUT2D eigenvalue weighted by atomic mass is 10.2. The van der Waals surface area contributed by atoms with E-state index in [1.54, 1.807) is 20.8 Å². The molecule has 8 heteroatoms. The number of ether oxygens (including phenoxy) is 2. The number of likely N-dealkylation sites (tertiary alicyclic amines) is 1. The molecule has 6 nitrogen and oxygen atoms in total. The van der Waals surface area contributed by atoms with Crippen molar-refractivity contribution in [3.05, 3.63) is 28.5 Å². The average molecular weight is 404 g/mol. The van der Waals surface area contributed by atoms with E-state index >= 15 is 0 Å². The zero-order valence-corrected chi connectivity index (χ0v) is 15.2. The molecule has 1 N–H and O–H groups in total. The maximum atomic E-state index is 13.1. The van der Waals surface area contributed by atoms with Crippen LogP contribution in [-0.4, -0.2) is 46.4 Å². The molecule has 1 fully saturated rings. The summed E-state index contributed by atoms with van der Waals surface area (Å²) >= 11 is 3.20. The highest BCUT2D eigenvalue weighted by Crippen LogP contribution is 2.30. The van der Waals surface area contributed by atoms with Gasteiger partial charge in [-0.05, 0) is 54.9 Å². The monoisotopic (exact) mass is 403 g/mol. The van der Waals surface area contributed by atoms with Crippen molar-refractivity contribution in [3.63, 3.8) is 0 Å². The van der Waals surface area contributed by atoms with Crippen LogP contribution < -0.4 is 4.74 Å². The van der Waals surface area contributed by atoms with E-state index in [2.05, 4.69) is 15.9 Å². The molecular weight excluding hydrogens is 385 g/mol. The van der Waals surface area contributed by atoms with Gasteiger partial charge < -0.3 is 14.6 Å². The summed E-state index contributed by atoms with van der Waals surface area (Å²) in [6.07, 6.45) is -1.10. The minimum atomic E-state index is -1.12. The summed E-state index contributed by atoms with van der Waals surface area (Å²) in [4.78, 5) is 24.8. The molecule has 1 aliphatic rings. The van der Waals surface area contributed by atoms with Crippen molar-refractivity contribution in [2.75, 3.05) is 6.54 Å². The fourth-order valence-corrected chi connectivity index (χ4v) is 2.83. The molecule has 1 aromatic rings. The predicted molar refractivity (Wildman–Crippen MR) is 87.5 cm³/mol. The van der Waals surface area contributed by atoms with Gasteiger partial charge in [0.1, 0.15) is 29.3 Å². The molecule has 24 heavy (non-hydrogen) atoms. The van der Waals surface area contributed by atoms with Crippen LogP contribution in [0.25, 0.3) is 0 Å². The number of aliphatic carboxylic acids is 1. The Morgan fingerprint density at radius 2 is 2.04 bits per heavy atom. The van der Waals surface area contributed by atoms with Gasteiger partial charge in [0.25, 0.3) is 0 Å². The molecule has 1 heterocycles. The zero-order chi connectivity index (χ0) is 18.1. The summed E-state index contributed by atoms with van der Waals surface area (Å²) < 4.78 is 24.5. The van der Waals surface area contributed by atoms with Crippen molar-refractivity contribution in [3.8, 4) is 5.75 Å². The third-order valence-corrected chi connectivity index (χ3v) is 3.98. The molecule has 2 atom stereocenters. The summed E-state index contributed by atoms with van der Waals surface area (Å²) in [5.41, 5.74) is -0.723. The Labute approximate surface area is 147 Å². The number of hydrogen-bond donors (Lipinski definition) is 1. The molecular formula is C16H19BrFNO5. The second kappa shape index (κ2) is 6.96. The summed E-state index contributed by atoms with van der Waals surface area (Å²) in [5, 5.41) is 9.34. The van der Waals surface area contributed by atoms with Gasteiger partial charge in [0.2, 0.25) is 0 Å². The number of carbonyl (C=O) groups excluding carboxylic acids is 1. The van der Waals surface area contributed by atoms with Crippen LogP contribution >= 0.6 is 15.9 Å². The van der Waals surface area contributed by atoms with Crippen LogP contribution in [0.4, 0.5) is 9.18 Å². The van der Waals surface area contributed by atoms with E-state index < -0.39 is 35.6 Å². The van der Waals surface area contributed by atoms with Crippen molar-refractivity contribution in [2.45, 2.75) is 44.9 Å². The van der Waals surface area contributed by atoms with Crippen molar-refractivity contribution >= 4 is 28.0 Å². The summed E-state index contributed by atoms with van der Waals surface area (Å²) in [6.45, 7) is 5.21. The number of carbonyl (C=O) groups is 2. The predicted octanol–water partition coefficient (Wildman–Crippen LogP) is 3.43. The molecule has 2 rings (SSSR count). The summed E-state index contributed by atoms with van der Waals surface area (Å²) in [6, 6.07) is 2.93. The molecule has 0 saturated carbocycles. The number of nitrogens with zero attached hydrogens (tertiary/aromatic N) is 1. The number of hydrogen-bond acceptors (Lipinski definition) is 4. The second-order valence-corrected chi connectivity index (χ2v) is 7.39. The van der Waals surface area contributed by atoms with Crippen molar-refractivity contribution in [1.82, 2.24) is 4.90 Å². The Morgan fingerprint density at radius 1 is 1.38 bits per heavy atom. The van der Waals surface area contributed by atoms with Gasteiger partial charge in [-0.1, -0.05) is 0 Å². The number of amides is 1. The minimum absolute atomic E-state index is 0.0791. The van der Waals surface area contributed by atoms with Gasteiger partial charge in [0, 0.05) is 6.42 Å². The first kappa shape index (κ1) is 18.5. The largest absolute Gasteiger partial charge is 0.487 e. The van der Waals surface area contributed by atoms with E-state index in [1.807, 2.05) is 0 Å². The standard InChI is InChI=1S/C16H19BrFNO5/c1-16(2,3)24-15(22)19-8-10(7-12(19)14(20)21)23-13-5-4-9(18)6-11(13)17/h4-6,10,12H,7-8H2,1-3H3,(H,20,21)/t10-,12+/m1/s1. The van der Waals surface area contributed by atoms with Crippen LogP contribution in [-0.2, 0) is 9.53 Å². The van der Waals surface area contributed by atoms with Gasteiger partial charge in [-0.25, -0.2) is 14.0 Å². The van der Waals surface area contributed by atoms with Crippen molar-refractivity contribution < 1.29 is 28.6 Å². The SMILES string of the molecule is CC(C)(C)OC(=O)N1C[C@H](Oc2ccc(F)cc2Br)C[C@H]1C(=O)O. The lowest BCUT2D eigenvalue weighted by molar-refractivity contribution is -0.142. The lowest BCUT2D eigenvalue weighted by Crippen LogP contribution is -2.43. The van der Waals surface area contributed by atoms with Crippen LogP contribution in [0.2, 0.25) is 0 Å². The minimum Gasteiger partial charge on any atom is -0.487 e. The van der Waals surface area contributed by atoms with E-state index in [4.69, 9.17) is 9.47 Å². The van der Waals surface area contributed by atoms with E-state index in [-0.39, 0.29) is 13.0 Å². The lowest BCUT2D eigenvalue weighted by Gasteiger charge is -2.26. The number of halogens is 2. The summed E-state index contributed by atoms with van der Waals surface area (Å²) in [7, 11) is 0. The molecule has 1 aliphatic heterocycles. The fourth-order valence-electron chi connectivity index (χ4n) is 2.39. The molecule has 1 saturated heterocycles. The number of benzene rings is 1. The maximum Gasteiger partial charge on any atom is 0.411 e. The van der Waals surface area contributed by atoms with E-state index in [1.165, 1.54) is 18.2 Å². The Hall–Kier alpha value is -1.83. The molecule has 1 amide bonds. The van der Waals surface area contributed by atoms with Crippen LogP contribution in [0.5, 0.6) is 5.75 Å². The quantitative estimate of drug-likeness (QED) is 0.836. The topological polar surface area (TPSA) is 76.1 Å². The highest BCUT2D eigenvalue weighted by molar-refractivity contribution is 9.10. The van der Waals surface area contributed by atoms with Crippen LogP contribution in [0.1, 0.15) is 27.2 Å². The first-order chi connectivity index (χ1) is 11.1. The molecule has 0 bridgehead atoms. The molecule has 132 valence electrons. The zero-order valence-electron chi connectivity index (χ0n) is 13.6. The van der Waals surface area contributed by atoms with E-state index in [0.717, 1.165) is 4.90 Å². The Kier molecular flexibility index (Phi) is 5.37. The third-order valence-electron chi connectivity index (χ3n) is 3.36. The van der Waals surface area contributed by atoms with E-state index in [9.17, 15) is 19.1 Å². The molecule has 1 aromatic carbocycles. The first-order valence-electron chi connectivity index (χ1n) is 7.41.